The SMILES string of the molecule is Cc1cc(S(=O)(=O)c2cc(O)cc(C)c2C)ccc1O. The Balaban J connectivity index is 2.70. The van der Waals surface area contributed by atoms with Crippen LogP contribution in [0.25, 0.3) is 0 Å². The second-order valence-electron chi connectivity index (χ2n) is 4.84. The molecule has 0 fully saturated rings. The summed E-state index contributed by atoms with van der Waals surface area (Å²) in [4.78, 5) is 0.181. The minimum absolute atomic E-state index is 0.0489. The Morgan fingerprint density at radius 3 is 2.15 bits per heavy atom. The van der Waals surface area contributed by atoms with Gasteiger partial charge in [0.25, 0.3) is 0 Å². The van der Waals surface area contributed by atoms with Crippen molar-refractivity contribution >= 4 is 9.84 Å². The fourth-order valence-corrected chi connectivity index (χ4v) is 3.68. The molecular formula is C15H16O4S. The monoisotopic (exact) mass is 292 g/mol. The molecule has 0 saturated carbocycles. The lowest BCUT2D eigenvalue weighted by atomic mass is 10.1. The highest BCUT2D eigenvalue weighted by Gasteiger charge is 2.22. The quantitative estimate of drug-likeness (QED) is 0.892. The normalized spacial score (nSPS) is 11.6. The van der Waals surface area contributed by atoms with E-state index in [9.17, 15) is 18.6 Å². The van der Waals surface area contributed by atoms with Gasteiger partial charge in [-0.25, -0.2) is 8.42 Å². The van der Waals surface area contributed by atoms with Gasteiger partial charge in [-0.05, 0) is 67.8 Å². The third-order valence-electron chi connectivity index (χ3n) is 3.37. The molecule has 2 aromatic rings. The summed E-state index contributed by atoms with van der Waals surface area (Å²) < 4.78 is 25.3. The lowest BCUT2D eigenvalue weighted by molar-refractivity contribution is 0.470. The average Bonchev–Trinajstić information content (AvgIpc) is 2.36. The van der Waals surface area contributed by atoms with Crippen molar-refractivity contribution in [2.75, 3.05) is 0 Å². The zero-order valence-corrected chi connectivity index (χ0v) is 12.3. The van der Waals surface area contributed by atoms with Gasteiger partial charge in [-0.2, -0.15) is 0 Å². The van der Waals surface area contributed by atoms with Crippen molar-refractivity contribution in [2.24, 2.45) is 0 Å². The second-order valence-corrected chi connectivity index (χ2v) is 6.76. The van der Waals surface area contributed by atoms with E-state index in [2.05, 4.69) is 0 Å². The van der Waals surface area contributed by atoms with Crippen LogP contribution in [0.4, 0.5) is 0 Å². The van der Waals surface area contributed by atoms with Crippen LogP contribution < -0.4 is 0 Å². The van der Waals surface area contributed by atoms with Gasteiger partial charge in [0, 0.05) is 0 Å². The third kappa shape index (κ3) is 2.36. The van der Waals surface area contributed by atoms with Crippen LogP contribution in [-0.4, -0.2) is 18.6 Å². The van der Waals surface area contributed by atoms with Crippen LogP contribution in [0.2, 0.25) is 0 Å². The van der Waals surface area contributed by atoms with Crippen molar-refractivity contribution in [3.63, 3.8) is 0 Å². The maximum Gasteiger partial charge on any atom is 0.207 e. The highest BCUT2D eigenvalue weighted by Crippen LogP contribution is 2.31. The molecule has 0 atom stereocenters. The van der Waals surface area contributed by atoms with E-state index in [1.54, 1.807) is 20.8 Å². The first-order chi connectivity index (χ1) is 9.23. The Morgan fingerprint density at radius 2 is 1.55 bits per heavy atom. The van der Waals surface area contributed by atoms with Gasteiger partial charge in [-0.3, -0.25) is 0 Å². The van der Waals surface area contributed by atoms with Crippen molar-refractivity contribution in [1.29, 1.82) is 0 Å². The molecule has 0 aliphatic heterocycles. The second kappa shape index (κ2) is 4.83. The van der Waals surface area contributed by atoms with Gasteiger partial charge < -0.3 is 10.2 Å². The third-order valence-corrected chi connectivity index (χ3v) is 5.25. The van der Waals surface area contributed by atoms with Crippen molar-refractivity contribution in [2.45, 2.75) is 30.6 Å². The lowest BCUT2D eigenvalue weighted by Crippen LogP contribution is -2.05. The maximum atomic E-state index is 12.6. The van der Waals surface area contributed by atoms with Gasteiger partial charge in [0.1, 0.15) is 11.5 Å². The summed E-state index contributed by atoms with van der Waals surface area (Å²) in [6.07, 6.45) is 0. The molecule has 0 aromatic heterocycles. The molecule has 0 saturated heterocycles. The van der Waals surface area contributed by atoms with Crippen LogP contribution in [-0.2, 0) is 9.84 Å². The molecule has 106 valence electrons. The summed E-state index contributed by atoms with van der Waals surface area (Å²) in [5.74, 6) is -0.0325. The molecule has 20 heavy (non-hydrogen) atoms. The maximum absolute atomic E-state index is 12.6. The molecule has 2 aromatic carbocycles. The number of phenols is 2. The minimum Gasteiger partial charge on any atom is -0.508 e. The van der Waals surface area contributed by atoms with Crippen LogP contribution in [0, 0.1) is 20.8 Å². The first kappa shape index (κ1) is 14.4. The van der Waals surface area contributed by atoms with E-state index in [0.717, 1.165) is 0 Å². The molecule has 0 heterocycles. The molecule has 0 aliphatic rings. The highest BCUT2D eigenvalue weighted by molar-refractivity contribution is 7.91. The molecule has 4 nitrogen and oxygen atoms in total. The van der Waals surface area contributed by atoms with Crippen molar-refractivity contribution < 1.29 is 18.6 Å². The zero-order chi connectivity index (χ0) is 15.1. The molecule has 0 bridgehead atoms. The van der Waals surface area contributed by atoms with E-state index in [0.29, 0.717) is 16.7 Å². The molecule has 0 spiro atoms. The van der Waals surface area contributed by atoms with Crippen molar-refractivity contribution in [3.05, 3.63) is 47.0 Å². The first-order valence-corrected chi connectivity index (χ1v) is 7.56. The largest absolute Gasteiger partial charge is 0.508 e. The molecule has 0 aliphatic carbocycles. The predicted octanol–water partition coefficient (Wildman–Crippen LogP) is 2.86. The van der Waals surface area contributed by atoms with Gasteiger partial charge in [0.15, 0.2) is 0 Å². The molecular weight excluding hydrogens is 276 g/mol. The number of benzene rings is 2. The van der Waals surface area contributed by atoms with Gasteiger partial charge in [0.05, 0.1) is 9.79 Å². The van der Waals surface area contributed by atoms with Crippen LogP contribution in [0.5, 0.6) is 11.5 Å². The molecule has 5 heteroatoms. The summed E-state index contributed by atoms with van der Waals surface area (Å²) >= 11 is 0. The van der Waals surface area contributed by atoms with Crippen LogP contribution in [0.15, 0.2) is 40.1 Å². The number of hydrogen-bond acceptors (Lipinski definition) is 4. The van der Waals surface area contributed by atoms with E-state index < -0.39 is 9.84 Å². The molecule has 0 amide bonds. The average molecular weight is 292 g/mol. The Kier molecular flexibility index (Phi) is 3.48. The number of aryl methyl sites for hydroxylation is 2. The number of sulfone groups is 1. The first-order valence-electron chi connectivity index (χ1n) is 6.08. The van der Waals surface area contributed by atoms with E-state index in [1.165, 1.54) is 30.3 Å². The Hall–Kier alpha value is -2.01. The topological polar surface area (TPSA) is 74.6 Å². The molecule has 2 rings (SSSR count). The Bertz CT molecular complexity index is 777. The fourth-order valence-electron chi connectivity index (χ4n) is 2.01. The Labute approximate surface area is 118 Å². The highest BCUT2D eigenvalue weighted by atomic mass is 32.2. The summed E-state index contributed by atoms with van der Waals surface area (Å²) in [5, 5.41) is 19.1. The van der Waals surface area contributed by atoms with Crippen LogP contribution in [0.1, 0.15) is 16.7 Å². The standard InChI is InChI=1S/C15H16O4S/c1-9-6-12(16)8-15(11(9)3)20(18,19)13-4-5-14(17)10(2)7-13/h4-8,16-17H,1-3H3. The number of phenolic OH excluding ortho intramolecular Hbond substituents is 2. The van der Waals surface area contributed by atoms with Gasteiger partial charge in [-0.1, -0.05) is 0 Å². The van der Waals surface area contributed by atoms with E-state index in [-0.39, 0.29) is 21.3 Å². The summed E-state index contributed by atoms with van der Waals surface area (Å²) in [7, 11) is -3.73. The number of rotatable bonds is 2. The summed E-state index contributed by atoms with van der Waals surface area (Å²) in [6.45, 7) is 5.08. The lowest BCUT2D eigenvalue weighted by Gasteiger charge is -2.11. The molecule has 2 N–H and O–H groups in total. The van der Waals surface area contributed by atoms with Gasteiger partial charge in [0.2, 0.25) is 9.84 Å². The van der Waals surface area contributed by atoms with Crippen molar-refractivity contribution in [3.8, 4) is 11.5 Å². The predicted molar refractivity (Wildman–Crippen MR) is 75.9 cm³/mol. The van der Waals surface area contributed by atoms with Gasteiger partial charge >= 0.3 is 0 Å². The smallest absolute Gasteiger partial charge is 0.207 e. The van der Waals surface area contributed by atoms with E-state index >= 15 is 0 Å². The van der Waals surface area contributed by atoms with Crippen LogP contribution >= 0.6 is 0 Å². The molecule has 0 radical (unpaired) electrons. The number of aromatic hydroxyl groups is 2. The van der Waals surface area contributed by atoms with Crippen LogP contribution in [0.3, 0.4) is 0 Å². The summed E-state index contributed by atoms with van der Waals surface area (Å²) in [6, 6.07) is 6.91. The van der Waals surface area contributed by atoms with E-state index in [1.807, 2.05) is 0 Å². The van der Waals surface area contributed by atoms with E-state index in [4.69, 9.17) is 0 Å². The van der Waals surface area contributed by atoms with Gasteiger partial charge in [-0.15, -0.1) is 0 Å². The molecule has 0 unspecified atom stereocenters. The number of hydrogen-bond donors (Lipinski definition) is 2. The fraction of sp³-hybridized carbons (Fsp3) is 0.200. The Morgan fingerprint density at radius 1 is 0.900 bits per heavy atom. The van der Waals surface area contributed by atoms with Crippen molar-refractivity contribution in [1.82, 2.24) is 0 Å². The zero-order valence-electron chi connectivity index (χ0n) is 11.5. The summed E-state index contributed by atoms with van der Waals surface area (Å²) in [5.41, 5.74) is 1.80. The minimum atomic E-state index is -3.73.